The zero-order valence-electron chi connectivity index (χ0n) is 7.46. The Labute approximate surface area is 80.9 Å². The minimum absolute atomic E-state index is 0.118. The van der Waals surface area contributed by atoms with Crippen LogP contribution in [-0.4, -0.2) is 25.0 Å². The highest BCUT2D eigenvalue weighted by atomic mass is 79.9. The predicted octanol–water partition coefficient (Wildman–Crippen LogP) is 1.86. The van der Waals surface area contributed by atoms with E-state index in [-0.39, 0.29) is 17.2 Å². The number of ether oxygens (including phenoxy) is 2. The highest BCUT2D eigenvalue weighted by Crippen LogP contribution is 2.12. The number of carbonyl (C=O) groups is 1. The fourth-order valence-electron chi connectivity index (χ4n) is 0.675. The summed E-state index contributed by atoms with van der Waals surface area (Å²) in [6.45, 7) is 1.92. The van der Waals surface area contributed by atoms with Gasteiger partial charge in [0.05, 0.1) is 25.5 Å². The molecule has 0 aliphatic rings. The van der Waals surface area contributed by atoms with Crippen LogP contribution in [0.1, 0.15) is 13.3 Å². The van der Waals surface area contributed by atoms with Gasteiger partial charge in [0, 0.05) is 0 Å². The molecule has 1 atom stereocenters. The fourth-order valence-corrected chi connectivity index (χ4v) is 1.05. The SMILES string of the molecule is COC(=O)CC=C(OC)C(C)Br. The molecule has 3 nitrogen and oxygen atoms in total. The summed E-state index contributed by atoms with van der Waals surface area (Å²) in [7, 11) is 2.93. The van der Waals surface area contributed by atoms with Gasteiger partial charge in [0.1, 0.15) is 5.76 Å². The van der Waals surface area contributed by atoms with E-state index in [9.17, 15) is 4.79 Å². The largest absolute Gasteiger partial charge is 0.500 e. The topological polar surface area (TPSA) is 35.5 Å². The van der Waals surface area contributed by atoms with Crippen LogP contribution in [0.2, 0.25) is 0 Å². The van der Waals surface area contributed by atoms with E-state index < -0.39 is 0 Å². The number of esters is 1. The third-order valence-electron chi connectivity index (χ3n) is 1.33. The van der Waals surface area contributed by atoms with Crippen molar-refractivity contribution in [1.82, 2.24) is 0 Å². The standard InChI is InChI=1S/C8H13BrO3/c1-6(9)7(11-2)4-5-8(10)12-3/h4,6H,5H2,1-3H3. The molecular formula is C8H13BrO3. The molecule has 0 aliphatic carbocycles. The van der Waals surface area contributed by atoms with Crippen LogP contribution in [0.15, 0.2) is 11.8 Å². The van der Waals surface area contributed by atoms with Gasteiger partial charge >= 0.3 is 5.97 Å². The first kappa shape index (κ1) is 11.5. The molecule has 0 saturated heterocycles. The van der Waals surface area contributed by atoms with Crippen molar-refractivity contribution in [2.45, 2.75) is 18.2 Å². The number of hydrogen-bond acceptors (Lipinski definition) is 3. The van der Waals surface area contributed by atoms with Crippen LogP contribution < -0.4 is 0 Å². The molecule has 1 unspecified atom stereocenters. The van der Waals surface area contributed by atoms with Crippen LogP contribution in [0.3, 0.4) is 0 Å². The Bertz CT molecular complexity index is 175. The van der Waals surface area contributed by atoms with E-state index in [4.69, 9.17) is 4.74 Å². The van der Waals surface area contributed by atoms with Gasteiger partial charge in [-0.25, -0.2) is 0 Å². The van der Waals surface area contributed by atoms with Crippen molar-refractivity contribution in [2.24, 2.45) is 0 Å². The van der Waals surface area contributed by atoms with Gasteiger partial charge in [0.2, 0.25) is 0 Å². The highest BCUT2D eigenvalue weighted by Gasteiger charge is 2.05. The second-order valence-corrected chi connectivity index (χ2v) is 3.58. The maximum atomic E-state index is 10.7. The molecule has 0 radical (unpaired) electrons. The normalized spacial score (nSPS) is 13.8. The molecule has 0 heterocycles. The van der Waals surface area contributed by atoms with Gasteiger partial charge in [-0.3, -0.25) is 4.79 Å². The Morgan fingerprint density at radius 3 is 2.42 bits per heavy atom. The number of carbonyl (C=O) groups excluding carboxylic acids is 1. The Kier molecular flexibility index (Phi) is 5.80. The minimum atomic E-state index is -0.266. The van der Waals surface area contributed by atoms with E-state index in [0.29, 0.717) is 0 Å². The molecule has 0 aromatic heterocycles. The molecule has 0 N–H and O–H groups in total. The first-order valence-electron chi connectivity index (χ1n) is 3.56. The molecule has 0 aromatic rings. The first-order chi connectivity index (χ1) is 5.61. The summed E-state index contributed by atoms with van der Waals surface area (Å²) in [5.74, 6) is 0.470. The van der Waals surface area contributed by atoms with Crippen molar-refractivity contribution >= 4 is 21.9 Å². The zero-order valence-corrected chi connectivity index (χ0v) is 9.05. The van der Waals surface area contributed by atoms with E-state index in [1.807, 2.05) is 6.92 Å². The molecule has 4 heteroatoms. The molecule has 12 heavy (non-hydrogen) atoms. The van der Waals surface area contributed by atoms with Gasteiger partial charge in [-0.1, -0.05) is 15.9 Å². The zero-order chi connectivity index (χ0) is 9.56. The quantitative estimate of drug-likeness (QED) is 0.425. The first-order valence-corrected chi connectivity index (χ1v) is 4.48. The monoisotopic (exact) mass is 236 g/mol. The molecule has 0 amide bonds. The number of halogens is 1. The second-order valence-electron chi connectivity index (χ2n) is 2.21. The van der Waals surface area contributed by atoms with E-state index in [1.54, 1.807) is 13.2 Å². The minimum Gasteiger partial charge on any atom is -0.500 e. The lowest BCUT2D eigenvalue weighted by molar-refractivity contribution is -0.139. The molecule has 0 fully saturated rings. The average Bonchev–Trinajstić information content (AvgIpc) is 2.04. The van der Waals surface area contributed by atoms with Crippen molar-refractivity contribution in [1.29, 1.82) is 0 Å². The average molecular weight is 237 g/mol. The maximum absolute atomic E-state index is 10.7. The van der Waals surface area contributed by atoms with Crippen molar-refractivity contribution < 1.29 is 14.3 Å². The molecular weight excluding hydrogens is 224 g/mol. The number of hydrogen-bond donors (Lipinski definition) is 0. The fraction of sp³-hybridized carbons (Fsp3) is 0.625. The molecule has 0 rings (SSSR count). The summed E-state index contributed by atoms with van der Waals surface area (Å²) in [6.07, 6.45) is 1.95. The van der Waals surface area contributed by atoms with E-state index in [2.05, 4.69) is 20.7 Å². The summed E-state index contributed by atoms with van der Waals surface area (Å²) in [6, 6.07) is 0. The Balaban J connectivity index is 4.03. The lowest BCUT2D eigenvalue weighted by Crippen LogP contribution is -2.02. The molecule has 0 bridgehead atoms. The van der Waals surface area contributed by atoms with Gasteiger partial charge in [-0.15, -0.1) is 0 Å². The molecule has 0 spiro atoms. The van der Waals surface area contributed by atoms with E-state index >= 15 is 0 Å². The van der Waals surface area contributed by atoms with Crippen LogP contribution >= 0.6 is 15.9 Å². The van der Waals surface area contributed by atoms with Crippen LogP contribution in [-0.2, 0) is 14.3 Å². The van der Waals surface area contributed by atoms with E-state index in [1.165, 1.54) is 7.11 Å². The summed E-state index contributed by atoms with van der Waals surface area (Å²) < 4.78 is 9.48. The van der Waals surface area contributed by atoms with E-state index in [0.717, 1.165) is 5.76 Å². The second kappa shape index (κ2) is 6.06. The number of rotatable bonds is 4. The Morgan fingerprint density at radius 2 is 2.08 bits per heavy atom. The maximum Gasteiger partial charge on any atom is 0.309 e. The van der Waals surface area contributed by atoms with Crippen molar-refractivity contribution in [2.75, 3.05) is 14.2 Å². The van der Waals surface area contributed by atoms with Gasteiger partial charge in [-0.2, -0.15) is 0 Å². The van der Waals surface area contributed by atoms with Crippen molar-refractivity contribution in [3.05, 3.63) is 11.8 Å². The summed E-state index contributed by atoms with van der Waals surface area (Å²) in [5.41, 5.74) is 0. The molecule has 70 valence electrons. The third-order valence-corrected chi connectivity index (χ3v) is 1.78. The summed E-state index contributed by atoms with van der Waals surface area (Å²) >= 11 is 3.33. The third kappa shape index (κ3) is 4.38. The van der Waals surface area contributed by atoms with Gasteiger partial charge < -0.3 is 9.47 Å². The molecule has 0 saturated carbocycles. The van der Waals surface area contributed by atoms with Crippen molar-refractivity contribution in [3.63, 3.8) is 0 Å². The van der Waals surface area contributed by atoms with Gasteiger partial charge in [0.25, 0.3) is 0 Å². The lowest BCUT2D eigenvalue weighted by atomic mass is 10.3. The van der Waals surface area contributed by atoms with Crippen LogP contribution in [0.4, 0.5) is 0 Å². The van der Waals surface area contributed by atoms with Crippen LogP contribution in [0.25, 0.3) is 0 Å². The smallest absolute Gasteiger partial charge is 0.309 e. The highest BCUT2D eigenvalue weighted by molar-refractivity contribution is 9.09. The van der Waals surface area contributed by atoms with Gasteiger partial charge in [-0.05, 0) is 13.0 Å². The Morgan fingerprint density at radius 1 is 1.50 bits per heavy atom. The number of allylic oxidation sites excluding steroid dienone is 1. The summed E-state index contributed by atoms with van der Waals surface area (Å²) in [5, 5.41) is 0. The predicted molar refractivity (Wildman–Crippen MR) is 50.1 cm³/mol. The van der Waals surface area contributed by atoms with Gasteiger partial charge in [0.15, 0.2) is 0 Å². The lowest BCUT2D eigenvalue weighted by Gasteiger charge is -2.07. The Hall–Kier alpha value is -0.510. The number of methoxy groups -OCH3 is 2. The summed E-state index contributed by atoms with van der Waals surface area (Å²) in [4.78, 5) is 10.8. The number of alkyl halides is 1. The molecule has 0 aliphatic heterocycles. The van der Waals surface area contributed by atoms with Crippen molar-refractivity contribution in [3.8, 4) is 0 Å². The molecule has 0 aromatic carbocycles. The van der Waals surface area contributed by atoms with Crippen LogP contribution in [0, 0.1) is 0 Å². The van der Waals surface area contributed by atoms with Crippen LogP contribution in [0.5, 0.6) is 0 Å².